The molecule has 0 spiro atoms. The van der Waals surface area contributed by atoms with Crippen LogP contribution in [0.15, 0.2) is 18.2 Å². The Labute approximate surface area is 90.6 Å². The second kappa shape index (κ2) is 3.95. The zero-order chi connectivity index (χ0) is 11.0. The van der Waals surface area contributed by atoms with Crippen LogP contribution in [0.3, 0.4) is 0 Å². The second-order valence-corrected chi connectivity index (χ2v) is 4.62. The average molecular weight is 206 g/mol. The highest BCUT2D eigenvalue weighted by Gasteiger charge is 2.35. The molecule has 1 aliphatic carbocycles. The predicted molar refractivity (Wildman–Crippen MR) is 59.6 cm³/mol. The van der Waals surface area contributed by atoms with E-state index in [0.717, 1.165) is 24.0 Å². The van der Waals surface area contributed by atoms with Gasteiger partial charge in [0.2, 0.25) is 0 Å². The van der Waals surface area contributed by atoms with E-state index in [1.807, 2.05) is 32.0 Å². The molecule has 0 amide bonds. The Bertz CT molecular complexity index is 356. The van der Waals surface area contributed by atoms with Gasteiger partial charge in [-0.05, 0) is 49.3 Å². The van der Waals surface area contributed by atoms with Crippen molar-refractivity contribution in [1.82, 2.24) is 0 Å². The third kappa shape index (κ3) is 2.21. The predicted octanol–water partition coefficient (Wildman–Crippen LogP) is 2.11. The van der Waals surface area contributed by atoms with Crippen LogP contribution < -0.4 is 0 Å². The van der Waals surface area contributed by atoms with Crippen LogP contribution in [-0.4, -0.2) is 16.3 Å². The van der Waals surface area contributed by atoms with Gasteiger partial charge in [-0.25, -0.2) is 0 Å². The van der Waals surface area contributed by atoms with Gasteiger partial charge in [0.05, 0.1) is 6.10 Å². The van der Waals surface area contributed by atoms with E-state index in [-0.39, 0.29) is 0 Å². The summed E-state index contributed by atoms with van der Waals surface area (Å²) in [5, 5.41) is 19.8. The van der Waals surface area contributed by atoms with Gasteiger partial charge in [-0.15, -0.1) is 0 Å². The molecule has 2 N–H and O–H groups in total. The van der Waals surface area contributed by atoms with Crippen LogP contribution >= 0.6 is 0 Å². The van der Waals surface area contributed by atoms with Crippen molar-refractivity contribution >= 4 is 0 Å². The van der Waals surface area contributed by atoms with E-state index in [1.165, 1.54) is 5.56 Å². The number of rotatable bonds is 3. The Morgan fingerprint density at radius 1 is 1.13 bits per heavy atom. The minimum absolute atomic E-state index is 0.307. The molecule has 1 fully saturated rings. The van der Waals surface area contributed by atoms with Gasteiger partial charge in [0.15, 0.2) is 0 Å². The van der Waals surface area contributed by atoms with E-state index in [2.05, 4.69) is 0 Å². The molecule has 82 valence electrons. The van der Waals surface area contributed by atoms with E-state index in [9.17, 15) is 10.2 Å². The van der Waals surface area contributed by atoms with Crippen LogP contribution in [-0.2, 0) is 0 Å². The van der Waals surface area contributed by atoms with Crippen molar-refractivity contribution in [3.05, 3.63) is 34.9 Å². The molecule has 15 heavy (non-hydrogen) atoms. The fraction of sp³-hybridized carbons (Fsp3) is 0.538. The first-order valence-electron chi connectivity index (χ1n) is 5.53. The van der Waals surface area contributed by atoms with E-state index < -0.39 is 12.2 Å². The number of aliphatic hydroxyl groups excluding tert-OH is 2. The van der Waals surface area contributed by atoms with Gasteiger partial charge in [-0.1, -0.05) is 18.2 Å². The van der Waals surface area contributed by atoms with Gasteiger partial charge >= 0.3 is 0 Å². The number of hydrogen-bond donors (Lipinski definition) is 2. The molecule has 0 aromatic heterocycles. The highest BCUT2D eigenvalue weighted by Crippen LogP contribution is 2.38. The van der Waals surface area contributed by atoms with Gasteiger partial charge in [-0.3, -0.25) is 0 Å². The summed E-state index contributed by atoms with van der Waals surface area (Å²) in [7, 11) is 0. The third-order valence-corrected chi connectivity index (χ3v) is 3.30. The molecule has 2 rings (SSSR count). The number of aryl methyl sites for hydroxylation is 2. The minimum atomic E-state index is -0.725. The summed E-state index contributed by atoms with van der Waals surface area (Å²) >= 11 is 0. The molecule has 2 unspecified atom stereocenters. The molecule has 0 bridgehead atoms. The average Bonchev–Trinajstić information content (AvgIpc) is 3.03. The van der Waals surface area contributed by atoms with Crippen molar-refractivity contribution in [1.29, 1.82) is 0 Å². The van der Waals surface area contributed by atoms with Gasteiger partial charge in [0.1, 0.15) is 6.10 Å². The van der Waals surface area contributed by atoms with Gasteiger partial charge in [-0.2, -0.15) is 0 Å². The van der Waals surface area contributed by atoms with Crippen LogP contribution in [0.1, 0.15) is 35.6 Å². The summed E-state index contributed by atoms with van der Waals surface area (Å²) in [6.07, 6.45) is 0.774. The van der Waals surface area contributed by atoms with Crippen molar-refractivity contribution in [2.45, 2.75) is 38.9 Å². The largest absolute Gasteiger partial charge is 0.390 e. The van der Waals surface area contributed by atoms with Gasteiger partial charge in [0.25, 0.3) is 0 Å². The molecule has 0 radical (unpaired) electrons. The summed E-state index contributed by atoms with van der Waals surface area (Å²) < 4.78 is 0. The maximum absolute atomic E-state index is 9.96. The lowest BCUT2D eigenvalue weighted by molar-refractivity contribution is 0.00482. The van der Waals surface area contributed by atoms with Crippen molar-refractivity contribution in [3.8, 4) is 0 Å². The lowest BCUT2D eigenvalue weighted by Crippen LogP contribution is -2.20. The number of benzene rings is 1. The Morgan fingerprint density at radius 2 is 1.80 bits per heavy atom. The molecular weight excluding hydrogens is 188 g/mol. The molecule has 0 saturated heterocycles. The molecule has 1 aromatic carbocycles. The maximum Gasteiger partial charge on any atom is 0.105 e. The van der Waals surface area contributed by atoms with Crippen molar-refractivity contribution < 1.29 is 10.2 Å². The molecule has 0 heterocycles. The molecule has 1 saturated carbocycles. The zero-order valence-corrected chi connectivity index (χ0v) is 9.27. The highest BCUT2D eigenvalue weighted by atomic mass is 16.3. The maximum atomic E-state index is 9.96. The lowest BCUT2D eigenvalue weighted by atomic mass is 9.97. The van der Waals surface area contributed by atoms with Crippen LogP contribution in [0.2, 0.25) is 0 Å². The van der Waals surface area contributed by atoms with Gasteiger partial charge in [0, 0.05) is 0 Å². The zero-order valence-electron chi connectivity index (χ0n) is 9.27. The molecule has 0 aliphatic heterocycles. The van der Waals surface area contributed by atoms with Crippen LogP contribution in [0.5, 0.6) is 0 Å². The Morgan fingerprint density at radius 3 is 2.33 bits per heavy atom. The quantitative estimate of drug-likeness (QED) is 0.795. The van der Waals surface area contributed by atoms with E-state index >= 15 is 0 Å². The second-order valence-electron chi connectivity index (χ2n) is 4.62. The molecule has 2 heteroatoms. The first kappa shape index (κ1) is 10.7. The van der Waals surface area contributed by atoms with E-state index in [1.54, 1.807) is 0 Å². The molecular formula is C13H18O2. The number of hydrogen-bond acceptors (Lipinski definition) is 2. The van der Waals surface area contributed by atoms with E-state index in [4.69, 9.17) is 0 Å². The van der Waals surface area contributed by atoms with E-state index in [0.29, 0.717) is 5.92 Å². The van der Waals surface area contributed by atoms with Crippen molar-refractivity contribution in [2.24, 2.45) is 5.92 Å². The van der Waals surface area contributed by atoms with Crippen molar-refractivity contribution in [3.63, 3.8) is 0 Å². The van der Waals surface area contributed by atoms with Crippen LogP contribution in [0, 0.1) is 19.8 Å². The molecule has 2 atom stereocenters. The summed E-state index contributed by atoms with van der Waals surface area (Å²) in [6.45, 7) is 4.07. The molecule has 1 aliphatic rings. The third-order valence-electron chi connectivity index (χ3n) is 3.30. The highest BCUT2D eigenvalue weighted by molar-refractivity contribution is 5.31. The van der Waals surface area contributed by atoms with Crippen LogP contribution in [0.25, 0.3) is 0 Å². The Balaban J connectivity index is 2.17. The SMILES string of the molecule is Cc1ccc(C(O)C(O)C2CC2)cc1C. The first-order valence-corrected chi connectivity index (χ1v) is 5.53. The fourth-order valence-electron chi connectivity index (χ4n) is 1.84. The summed E-state index contributed by atoms with van der Waals surface area (Å²) in [5.41, 5.74) is 3.21. The first-order chi connectivity index (χ1) is 7.09. The monoisotopic (exact) mass is 206 g/mol. The number of aliphatic hydroxyl groups is 2. The standard InChI is InChI=1S/C13H18O2/c1-8-3-4-11(7-9(8)2)13(15)12(14)10-5-6-10/h3-4,7,10,12-15H,5-6H2,1-2H3. The fourth-order valence-corrected chi connectivity index (χ4v) is 1.84. The lowest BCUT2D eigenvalue weighted by Gasteiger charge is -2.18. The topological polar surface area (TPSA) is 40.5 Å². The summed E-state index contributed by atoms with van der Waals surface area (Å²) in [6, 6.07) is 5.86. The summed E-state index contributed by atoms with van der Waals surface area (Å²) in [5.74, 6) is 0.307. The summed E-state index contributed by atoms with van der Waals surface area (Å²) in [4.78, 5) is 0. The smallest absolute Gasteiger partial charge is 0.105 e. The normalized spacial score (nSPS) is 20.0. The molecule has 1 aromatic rings. The molecule has 2 nitrogen and oxygen atoms in total. The Kier molecular flexibility index (Phi) is 2.81. The van der Waals surface area contributed by atoms with Crippen molar-refractivity contribution in [2.75, 3.05) is 0 Å². The van der Waals surface area contributed by atoms with Gasteiger partial charge < -0.3 is 10.2 Å². The van der Waals surface area contributed by atoms with Crippen LogP contribution in [0.4, 0.5) is 0 Å². The Hall–Kier alpha value is -0.860. The minimum Gasteiger partial charge on any atom is -0.390 e.